The van der Waals surface area contributed by atoms with Crippen LogP contribution in [0.1, 0.15) is 6.92 Å². The summed E-state index contributed by atoms with van der Waals surface area (Å²) in [6, 6.07) is 9.97. The first kappa shape index (κ1) is 19.5. The molecular weight excluding hydrogens is 415 g/mol. The van der Waals surface area contributed by atoms with Gasteiger partial charge in [-0.3, -0.25) is 14.5 Å². The van der Waals surface area contributed by atoms with Crippen LogP contribution in [0, 0.1) is 0 Å². The maximum atomic E-state index is 12.6. The highest BCUT2D eigenvalue weighted by Crippen LogP contribution is 2.29. The predicted octanol–water partition coefficient (Wildman–Crippen LogP) is 4.41. The molecule has 1 saturated heterocycles. The Morgan fingerprint density at radius 2 is 1.67 bits per heavy atom. The molecule has 0 radical (unpaired) electrons. The average Bonchev–Trinajstić information content (AvgIpc) is 2.92. The number of hydrogen-bond donors (Lipinski definition) is 0. The fraction of sp³-hybridized carbons (Fsp3) is 0.167. The van der Waals surface area contributed by atoms with Crippen molar-refractivity contribution in [3.05, 3.63) is 57.5 Å². The van der Waals surface area contributed by atoms with E-state index in [-0.39, 0.29) is 17.3 Å². The number of anilines is 1. The van der Waals surface area contributed by atoms with Crippen LogP contribution in [0.5, 0.6) is 5.75 Å². The molecule has 0 aromatic heterocycles. The van der Waals surface area contributed by atoms with Crippen LogP contribution in [-0.2, 0) is 9.59 Å². The van der Waals surface area contributed by atoms with Crippen LogP contribution < -0.4 is 9.64 Å². The molecule has 0 N–H and O–H groups in total. The number of urea groups is 1. The molecule has 1 aliphatic heterocycles. The van der Waals surface area contributed by atoms with E-state index in [0.717, 1.165) is 9.80 Å². The van der Waals surface area contributed by atoms with E-state index in [1.165, 1.54) is 31.2 Å². The highest BCUT2D eigenvalue weighted by molar-refractivity contribution is 6.35. The molecule has 0 spiro atoms. The smallest absolute Gasteiger partial charge is 0.338 e. The van der Waals surface area contributed by atoms with E-state index in [4.69, 9.17) is 39.5 Å². The molecule has 27 heavy (non-hydrogen) atoms. The minimum atomic E-state index is -1.04. The van der Waals surface area contributed by atoms with Gasteiger partial charge in [0, 0.05) is 10.0 Å². The number of rotatable bonds is 4. The summed E-state index contributed by atoms with van der Waals surface area (Å²) < 4.78 is 5.53. The second-order valence-corrected chi connectivity index (χ2v) is 7.03. The van der Waals surface area contributed by atoms with Crippen molar-refractivity contribution in [1.29, 1.82) is 0 Å². The Bertz CT molecular complexity index is 917. The lowest BCUT2D eigenvalue weighted by molar-refractivity contribution is -0.135. The van der Waals surface area contributed by atoms with Gasteiger partial charge in [0.1, 0.15) is 12.3 Å². The van der Waals surface area contributed by atoms with Crippen molar-refractivity contribution in [3.8, 4) is 5.75 Å². The number of nitrogens with zero attached hydrogens (tertiary/aromatic N) is 2. The topological polar surface area (TPSA) is 66.9 Å². The van der Waals surface area contributed by atoms with E-state index in [9.17, 15) is 14.4 Å². The Labute approximate surface area is 170 Å². The van der Waals surface area contributed by atoms with Crippen LogP contribution in [0.2, 0.25) is 15.1 Å². The fourth-order valence-corrected chi connectivity index (χ4v) is 3.13. The van der Waals surface area contributed by atoms with E-state index in [1.54, 1.807) is 18.2 Å². The summed E-state index contributed by atoms with van der Waals surface area (Å²) in [5.74, 6) is -0.933. The Balaban J connectivity index is 1.75. The van der Waals surface area contributed by atoms with Crippen LogP contribution in [0.25, 0.3) is 0 Å². The lowest BCUT2D eigenvalue weighted by Gasteiger charge is -2.20. The first-order valence-corrected chi connectivity index (χ1v) is 8.97. The normalized spacial score (nSPS) is 15.3. The SMILES string of the molecule is CC(Oc1ccc(Cl)cc1Cl)C(=O)N1CC(=O)N(c2ccc(Cl)cc2)C1=O. The molecule has 6 nitrogen and oxygen atoms in total. The molecule has 4 amide bonds. The van der Waals surface area contributed by atoms with Gasteiger partial charge in [-0.15, -0.1) is 0 Å². The number of hydrogen-bond acceptors (Lipinski definition) is 4. The van der Waals surface area contributed by atoms with Crippen molar-refractivity contribution in [2.75, 3.05) is 11.4 Å². The van der Waals surface area contributed by atoms with Crippen molar-refractivity contribution in [2.45, 2.75) is 13.0 Å². The molecule has 2 aromatic carbocycles. The quantitative estimate of drug-likeness (QED) is 0.678. The van der Waals surface area contributed by atoms with Gasteiger partial charge < -0.3 is 4.74 Å². The Morgan fingerprint density at radius 1 is 1.04 bits per heavy atom. The molecule has 1 atom stereocenters. The summed E-state index contributed by atoms with van der Waals surface area (Å²) in [6.07, 6.45) is -1.04. The van der Waals surface area contributed by atoms with Gasteiger partial charge in [-0.25, -0.2) is 9.69 Å². The maximum Gasteiger partial charge on any atom is 0.338 e. The average molecular weight is 428 g/mol. The number of carbonyl (C=O) groups is 3. The fourth-order valence-electron chi connectivity index (χ4n) is 2.55. The first-order chi connectivity index (χ1) is 12.8. The zero-order valence-corrected chi connectivity index (χ0v) is 16.3. The molecule has 0 saturated carbocycles. The van der Waals surface area contributed by atoms with Gasteiger partial charge in [-0.1, -0.05) is 34.8 Å². The van der Waals surface area contributed by atoms with Gasteiger partial charge in [0.05, 0.1) is 10.7 Å². The number of benzene rings is 2. The number of amides is 4. The van der Waals surface area contributed by atoms with Crippen molar-refractivity contribution < 1.29 is 19.1 Å². The summed E-state index contributed by atoms with van der Waals surface area (Å²) in [5, 5.41) is 1.12. The molecule has 140 valence electrons. The molecule has 0 bridgehead atoms. The second kappa shape index (κ2) is 7.76. The molecule has 3 rings (SSSR count). The van der Waals surface area contributed by atoms with E-state index < -0.39 is 23.9 Å². The largest absolute Gasteiger partial charge is 0.479 e. The van der Waals surface area contributed by atoms with Gasteiger partial charge in [-0.2, -0.15) is 0 Å². The van der Waals surface area contributed by atoms with Crippen LogP contribution >= 0.6 is 34.8 Å². The molecule has 9 heteroatoms. The Hall–Kier alpha value is -2.28. The molecular formula is C18H13Cl3N2O4. The molecule has 1 unspecified atom stereocenters. The molecule has 2 aromatic rings. The summed E-state index contributed by atoms with van der Waals surface area (Å²) in [5.41, 5.74) is 0.332. The molecule has 1 aliphatic rings. The zero-order chi connectivity index (χ0) is 19.7. The van der Waals surface area contributed by atoms with Gasteiger partial charge >= 0.3 is 6.03 Å². The van der Waals surface area contributed by atoms with Crippen molar-refractivity contribution in [2.24, 2.45) is 0 Å². The van der Waals surface area contributed by atoms with Crippen molar-refractivity contribution >= 4 is 58.3 Å². The van der Waals surface area contributed by atoms with E-state index >= 15 is 0 Å². The Kier molecular flexibility index (Phi) is 5.60. The number of carbonyl (C=O) groups excluding carboxylic acids is 3. The third-order valence-corrected chi connectivity index (χ3v) is 4.64. The lowest BCUT2D eigenvalue weighted by Crippen LogP contribution is -2.43. The summed E-state index contributed by atoms with van der Waals surface area (Å²) in [6.45, 7) is 1.10. The number of ether oxygens (including phenoxy) is 1. The van der Waals surface area contributed by atoms with Crippen molar-refractivity contribution in [1.82, 2.24) is 4.90 Å². The summed E-state index contributed by atoms with van der Waals surface area (Å²) in [4.78, 5) is 39.2. The van der Waals surface area contributed by atoms with E-state index in [2.05, 4.69) is 0 Å². The third-order valence-electron chi connectivity index (χ3n) is 3.86. The highest BCUT2D eigenvalue weighted by atomic mass is 35.5. The molecule has 0 aliphatic carbocycles. The monoisotopic (exact) mass is 426 g/mol. The summed E-state index contributed by atoms with van der Waals surface area (Å²) >= 11 is 17.7. The number of imide groups is 2. The van der Waals surface area contributed by atoms with Crippen molar-refractivity contribution in [3.63, 3.8) is 0 Å². The maximum absolute atomic E-state index is 12.6. The van der Waals surface area contributed by atoms with Crippen LogP contribution in [-0.4, -0.2) is 35.4 Å². The minimum Gasteiger partial charge on any atom is -0.479 e. The van der Waals surface area contributed by atoms with Gasteiger partial charge in [0.15, 0.2) is 6.10 Å². The van der Waals surface area contributed by atoms with Gasteiger partial charge in [0.2, 0.25) is 0 Å². The first-order valence-electron chi connectivity index (χ1n) is 7.83. The third kappa shape index (κ3) is 4.03. The van der Waals surface area contributed by atoms with Gasteiger partial charge in [0.25, 0.3) is 11.8 Å². The second-order valence-electron chi connectivity index (χ2n) is 5.75. The number of halogens is 3. The zero-order valence-electron chi connectivity index (χ0n) is 14.0. The van der Waals surface area contributed by atoms with E-state index in [1.807, 2.05) is 0 Å². The highest BCUT2D eigenvalue weighted by Gasteiger charge is 2.42. The Morgan fingerprint density at radius 3 is 2.30 bits per heavy atom. The molecule has 1 heterocycles. The lowest BCUT2D eigenvalue weighted by atomic mass is 10.3. The van der Waals surface area contributed by atoms with Gasteiger partial charge in [-0.05, 0) is 49.4 Å². The van der Waals surface area contributed by atoms with Crippen LogP contribution in [0.4, 0.5) is 10.5 Å². The summed E-state index contributed by atoms with van der Waals surface area (Å²) in [7, 11) is 0. The standard InChI is InChI=1S/C18H13Cl3N2O4/c1-10(27-15-7-4-12(20)8-14(15)21)17(25)22-9-16(24)23(18(22)26)13-5-2-11(19)3-6-13/h2-8,10H,9H2,1H3. The predicted molar refractivity (Wildman–Crippen MR) is 103 cm³/mol. The molecule has 1 fully saturated rings. The minimum absolute atomic E-state index is 0.230. The van der Waals surface area contributed by atoms with Crippen LogP contribution in [0.15, 0.2) is 42.5 Å². The van der Waals surface area contributed by atoms with E-state index in [0.29, 0.717) is 15.7 Å². The van der Waals surface area contributed by atoms with Crippen LogP contribution in [0.3, 0.4) is 0 Å².